The van der Waals surface area contributed by atoms with Gasteiger partial charge >= 0.3 is 5.69 Å². The summed E-state index contributed by atoms with van der Waals surface area (Å²) in [7, 11) is 0. The summed E-state index contributed by atoms with van der Waals surface area (Å²) in [6.07, 6.45) is -1.40. The Morgan fingerprint density at radius 1 is 1.25 bits per heavy atom. The van der Waals surface area contributed by atoms with Gasteiger partial charge in [0, 0.05) is 12.3 Å². The third-order valence-electron chi connectivity index (χ3n) is 4.25. The number of halogens is 1. The van der Waals surface area contributed by atoms with E-state index in [2.05, 4.69) is 4.98 Å². The molecule has 0 amide bonds. The lowest BCUT2D eigenvalue weighted by molar-refractivity contribution is -0.166. The van der Waals surface area contributed by atoms with Crippen molar-refractivity contribution in [2.75, 3.05) is 4.43 Å². The molecule has 1 aromatic heterocycles. The number of nitrogens with zero attached hydrogens (tertiary/aromatic N) is 1. The summed E-state index contributed by atoms with van der Waals surface area (Å²) in [6.45, 7) is 3.60. The third kappa shape index (κ3) is 4.77. The summed E-state index contributed by atoms with van der Waals surface area (Å²) in [5, 5.41) is 0. The Morgan fingerprint density at radius 2 is 1.96 bits per heavy atom. The molecule has 150 valence electrons. The first-order chi connectivity index (χ1) is 13.3. The summed E-state index contributed by atoms with van der Waals surface area (Å²) in [4.78, 5) is 38.5. The van der Waals surface area contributed by atoms with Crippen molar-refractivity contribution in [2.45, 2.75) is 44.7 Å². The lowest BCUT2D eigenvalue weighted by Crippen LogP contribution is -2.44. The van der Waals surface area contributed by atoms with Gasteiger partial charge in [0.1, 0.15) is 12.2 Å². The first-order valence-corrected chi connectivity index (χ1v) is 10.2. The van der Waals surface area contributed by atoms with E-state index >= 15 is 0 Å². The molecule has 9 heteroatoms. The molecule has 0 radical (unpaired) electrons. The number of H-pyrrole nitrogens is 1. The molecule has 8 nitrogen and oxygen atoms in total. The molecule has 0 unspecified atom stereocenters. The van der Waals surface area contributed by atoms with Crippen molar-refractivity contribution < 1.29 is 19.0 Å². The predicted octanol–water partition coefficient (Wildman–Crippen LogP) is 1.78. The van der Waals surface area contributed by atoms with Gasteiger partial charge in [-0.1, -0.05) is 52.9 Å². The van der Waals surface area contributed by atoms with Gasteiger partial charge in [0.15, 0.2) is 17.8 Å². The number of ketones is 1. The van der Waals surface area contributed by atoms with Gasteiger partial charge in [-0.25, -0.2) is 4.79 Å². The van der Waals surface area contributed by atoms with E-state index in [9.17, 15) is 14.4 Å². The molecule has 0 aliphatic carbocycles. The summed E-state index contributed by atoms with van der Waals surface area (Å²) in [6, 6.07) is 10.7. The van der Waals surface area contributed by atoms with Crippen LogP contribution in [0.1, 0.15) is 25.6 Å². The van der Waals surface area contributed by atoms with Crippen molar-refractivity contribution in [2.24, 2.45) is 0 Å². The molecule has 1 saturated heterocycles. The van der Waals surface area contributed by atoms with Gasteiger partial charge in [-0.2, -0.15) is 0 Å². The van der Waals surface area contributed by atoms with Gasteiger partial charge < -0.3 is 14.2 Å². The van der Waals surface area contributed by atoms with Crippen LogP contribution >= 0.6 is 22.6 Å². The second-order valence-electron chi connectivity index (χ2n) is 6.83. The highest BCUT2D eigenvalue weighted by atomic mass is 127. The molecule has 2 heterocycles. The SMILES string of the molecule is CC1(C)O[C@H]([C@H](OCc2ccccc2)C(=O)CI)[C@@H](n2ccc(=O)[nH]c2=O)O1. The molecule has 0 saturated carbocycles. The number of carbonyl (C=O) groups is 1. The largest absolute Gasteiger partial charge is 0.363 e. The molecule has 0 spiro atoms. The molecular weight excluding hydrogens is 479 g/mol. The Hall–Kier alpha value is -1.82. The van der Waals surface area contributed by atoms with Crippen LogP contribution < -0.4 is 11.2 Å². The first-order valence-electron chi connectivity index (χ1n) is 8.72. The lowest BCUT2D eigenvalue weighted by Gasteiger charge is -2.26. The fourth-order valence-corrected chi connectivity index (χ4v) is 3.47. The van der Waals surface area contributed by atoms with E-state index in [1.165, 1.54) is 16.8 Å². The standard InChI is InChI=1S/C19H21IN2O6/c1-19(2)27-16(17(28-19)22-9-8-14(24)21-18(22)25)15(13(23)10-20)26-11-12-6-4-3-5-7-12/h3-9,15-17H,10-11H2,1-2H3,(H,21,24,25)/t15-,16-,17+/m1/s1. The van der Waals surface area contributed by atoms with Crippen LogP contribution in [-0.4, -0.2) is 37.8 Å². The minimum absolute atomic E-state index is 0.176. The third-order valence-corrected chi connectivity index (χ3v) is 5.00. The van der Waals surface area contributed by atoms with E-state index in [0.29, 0.717) is 0 Å². The van der Waals surface area contributed by atoms with Crippen molar-refractivity contribution in [3.63, 3.8) is 0 Å². The molecule has 1 aromatic carbocycles. The molecule has 1 fully saturated rings. The average Bonchev–Trinajstić information content (AvgIpc) is 2.97. The minimum Gasteiger partial charge on any atom is -0.363 e. The number of hydrogen-bond acceptors (Lipinski definition) is 6. The molecule has 0 bridgehead atoms. The fraction of sp³-hybridized carbons (Fsp3) is 0.421. The summed E-state index contributed by atoms with van der Waals surface area (Å²) < 4.78 is 19.2. The second kappa shape index (κ2) is 8.68. The Labute approximate surface area is 175 Å². The highest BCUT2D eigenvalue weighted by Crippen LogP contribution is 2.37. The molecule has 1 aliphatic heterocycles. The van der Waals surface area contributed by atoms with E-state index in [-0.39, 0.29) is 16.8 Å². The van der Waals surface area contributed by atoms with E-state index in [4.69, 9.17) is 14.2 Å². The van der Waals surface area contributed by atoms with Crippen LogP contribution in [0.25, 0.3) is 0 Å². The summed E-state index contributed by atoms with van der Waals surface area (Å²) in [5.74, 6) is -1.21. The van der Waals surface area contributed by atoms with Crippen molar-refractivity contribution in [1.82, 2.24) is 9.55 Å². The average molecular weight is 500 g/mol. The number of nitrogens with one attached hydrogen (secondary N) is 1. The molecule has 1 aliphatic rings. The van der Waals surface area contributed by atoms with Gasteiger partial charge in [0.05, 0.1) is 11.0 Å². The molecule has 3 atom stereocenters. The fourth-order valence-electron chi connectivity index (χ4n) is 3.03. The van der Waals surface area contributed by atoms with Gasteiger partial charge in [-0.05, 0) is 19.4 Å². The molecule has 1 N–H and O–H groups in total. The lowest BCUT2D eigenvalue weighted by atomic mass is 10.1. The number of ether oxygens (including phenoxy) is 3. The van der Waals surface area contributed by atoms with Gasteiger partial charge in [-0.15, -0.1) is 0 Å². The number of rotatable bonds is 7. The highest BCUT2D eigenvalue weighted by molar-refractivity contribution is 14.1. The number of aromatic nitrogens is 2. The zero-order chi connectivity index (χ0) is 20.3. The van der Waals surface area contributed by atoms with Crippen molar-refractivity contribution in [3.8, 4) is 0 Å². The number of hydrogen-bond donors (Lipinski definition) is 1. The number of carbonyl (C=O) groups excluding carboxylic acids is 1. The van der Waals surface area contributed by atoms with Crippen molar-refractivity contribution >= 4 is 28.4 Å². The smallest absolute Gasteiger partial charge is 0.330 e. The first kappa shape index (κ1) is 20.9. The summed E-state index contributed by atoms with van der Waals surface area (Å²) >= 11 is 1.97. The number of Topliss-reactive ketones (excluding diaryl/α,β-unsaturated/α-hetero) is 1. The van der Waals surface area contributed by atoms with Gasteiger partial charge in [-0.3, -0.25) is 19.1 Å². The summed E-state index contributed by atoms with van der Waals surface area (Å²) in [5.41, 5.74) is -0.256. The Morgan fingerprint density at radius 3 is 2.61 bits per heavy atom. The van der Waals surface area contributed by atoms with Gasteiger partial charge in [0.25, 0.3) is 5.56 Å². The molecular formula is C19H21IN2O6. The van der Waals surface area contributed by atoms with Crippen LogP contribution in [0.15, 0.2) is 52.2 Å². The van der Waals surface area contributed by atoms with E-state index in [1.807, 2.05) is 52.9 Å². The minimum atomic E-state index is -1.04. The maximum atomic E-state index is 12.6. The van der Waals surface area contributed by atoms with Crippen molar-refractivity contribution in [3.05, 3.63) is 69.0 Å². The van der Waals surface area contributed by atoms with Crippen LogP contribution in [0.3, 0.4) is 0 Å². The van der Waals surface area contributed by atoms with Crippen LogP contribution in [0, 0.1) is 0 Å². The van der Waals surface area contributed by atoms with Crippen LogP contribution in [0.5, 0.6) is 0 Å². The molecule has 28 heavy (non-hydrogen) atoms. The normalized spacial score (nSPS) is 22.1. The van der Waals surface area contributed by atoms with E-state index < -0.39 is 35.5 Å². The van der Waals surface area contributed by atoms with Crippen LogP contribution in [0.2, 0.25) is 0 Å². The Balaban J connectivity index is 1.92. The molecule has 2 aromatic rings. The maximum absolute atomic E-state index is 12.6. The van der Waals surface area contributed by atoms with Crippen molar-refractivity contribution in [1.29, 1.82) is 0 Å². The van der Waals surface area contributed by atoms with Gasteiger partial charge in [0.2, 0.25) is 0 Å². The number of aromatic amines is 1. The zero-order valence-electron chi connectivity index (χ0n) is 15.5. The monoisotopic (exact) mass is 500 g/mol. The van der Waals surface area contributed by atoms with Crippen LogP contribution in [-0.2, 0) is 25.6 Å². The Kier molecular flexibility index (Phi) is 6.48. The van der Waals surface area contributed by atoms with Crippen LogP contribution in [0.4, 0.5) is 0 Å². The number of benzene rings is 1. The Bertz CT molecular complexity index is 939. The predicted molar refractivity (Wildman–Crippen MR) is 109 cm³/mol. The highest BCUT2D eigenvalue weighted by Gasteiger charge is 2.49. The zero-order valence-corrected chi connectivity index (χ0v) is 17.6. The molecule has 3 rings (SSSR count). The second-order valence-corrected chi connectivity index (χ2v) is 7.59. The van der Waals surface area contributed by atoms with E-state index in [0.717, 1.165) is 5.56 Å². The quantitative estimate of drug-likeness (QED) is 0.460. The maximum Gasteiger partial charge on any atom is 0.330 e. The van der Waals surface area contributed by atoms with E-state index in [1.54, 1.807) is 13.8 Å². The number of alkyl halides is 1. The topological polar surface area (TPSA) is 99.6 Å².